The van der Waals surface area contributed by atoms with Gasteiger partial charge in [-0.15, -0.1) is 0 Å². The van der Waals surface area contributed by atoms with Gasteiger partial charge in [0.05, 0.1) is 0 Å². The van der Waals surface area contributed by atoms with Crippen LogP contribution in [0.1, 0.15) is 68.8 Å². The van der Waals surface area contributed by atoms with E-state index in [0.29, 0.717) is 6.42 Å². The Morgan fingerprint density at radius 1 is 0.875 bits per heavy atom. The van der Waals surface area contributed by atoms with E-state index in [1.54, 1.807) is 0 Å². The first-order valence-electron chi connectivity index (χ1n) is 15.3. The molecule has 1 aliphatic rings. The Morgan fingerprint density at radius 3 is 2.42 bits per heavy atom. The lowest BCUT2D eigenvalue weighted by molar-refractivity contribution is 0.0950. The van der Waals surface area contributed by atoms with E-state index in [4.69, 9.17) is 4.74 Å². The van der Waals surface area contributed by atoms with Crippen molar-refractivity contribution in [3.8, 4) is 5.75 Å². The van der Waals surface area contributed by atoms with E-state index in [9.17, 15) is 4.79 Å². The lowest BCUT2D eigenvalue weighted by Gasteiger charge is -2.32. The van der Waals surface area contributed by atoms with Gasteiger partial charge in [-0.1, -0.05) is 50.2 Å². The fraction of sp³-hybridized carbons (Fsp3) is 0.457. The standard InChI is InChI=1S/C35H45N3O2/c1-4-36(5-2)21-10-9-16-35(39)28-12-11-13-30(25-28)40-29-19-22-37(23-20-29)26-27-17-18-34-32(24-27)31-14-7-8-15-33(31)38(34)6-3/h7-8,11-15,17-18,24-25,29H,4-6,9-10,16,19-23,26H2,1-3H3. The largest absolute Gasteiger partial charge is 0.490 e. The number of carbonyl (C=O) groups excluding carboxylic acids is 1. The maximum absolute atomic E-state index is 12.8. The molecule has 0 N–H and O–H groups in total. The summed E-state index contributed by atoms with van der Waals surface area (Å²) >= 11 is 0. The van der Waals surface area contributed by atoms with Gasteiger partial charge in [-0.2, -0.15) is 0 Å². The van der Waals surface area contributed by atoms with E-state index in [1.165, 1.54) is 27.4 Å². The van der Waals surface area contributed by atoms with Crippen LogP contribution in [0.4, 0.5) is 0 Å². The summed E-state index contributed by atoms with van der Waals surface area (Å²) in [6, 6.07) is 23.5. The number of Topliss-reactive ketones (excluding diaryl/α,β-unsaturated/α-hetero) is 1. The summed E-state index contributed by atoms with van der Waals surface area (Å²) in [6.45, 7) is 13.8. The predicted molar refractivity (Wildman–Crippen MR) is 166 cm³/mol. The highest BCUT2D eigenvalue weighted by atomic mass is 16.5. The molecule has 212 valence electrons. The van der Waals surface area contributed by atoms with Crippen LogP contribution in [0.25, 0.3) is 21.8 Å². The van der Waals surface area contributed by atoms with E-state index < -0.39 is 0 Å². The lowest BCUT2D eigenvalue weighted by Crippen LogP contribution is -2.37. The molecule has 1 aromatic heterocycles. The van der Waals surface area contributed by atoms with Crippen LogP contribution in [0.2, 0.25) is 0 Å². The number of unbranched alkanes of at least 4 members (excludes halogenated alkanes) is 1. The second kappa shape index (κ2) is 13.5. The van der Waals surface area contributed by atoms with Gasteiger partial charge in [-0.05, 0) is 88.1 Å². The van der Waals surface area contributed by atoms with Crippen molar-refractivity contribution in [2.75, 3.05) is 32.7 Å². The number of ketones is 1. The van der Waals surface area contributed by atoms with Crippen LogP contribution in [0.15, 0.2) is 66.7 Å². The fourth-order valence-corrected chi connectivity index (χ4v) is 6.22. The van der Waals surface area contributed by atoms with Crippen molar-refractivity contribution in [1.29, 1.82) is 0 Å². The van der Waals surface area contributed by atoms with E-state index in [2.05, 4.69) is 77.6 Å². The molecule has 1 aliphatic heterocycles. The number of ether oxygens (including phenoxy) is 1. The van der Waals surface area contributed by atoms with Crippen molar-refractivity contribution < 1.29 is 9.53 Å². The SMILES string of the molecule is CCN(CC)CCCCC(=O)c1cccc(OC2CCN(Cc3ccc4c(c3)c3ccccc3n4CC)CC2)c1. The van der Waals surface area contributed by atoms with Gasteiger partial charge in [-0.25, -0.2) is 0 Å². The smallest absolute Gasteiger partial charge is 0.163 e. The van der Waals surface area contributed by atoms with Crippen molar-refractivity contribution >= 4 is 27.6 Å². The van der Waals surface area contributed by atoms with Gasteiger partial charge < -0.3 is 14.2 Å². The Bertz CT molecular complexity index is 1410. The average Bonchev–Trinajstić information content (AvgIpc) is 3.31. The Morgan fingerprint density at radius 2 is 1.65 bits per heavy atom. The van der Waals surface area contributed by atoms with Crippen LogP contribution in [-0.2, 0) is 13.1 Å². The maximum Gasteiger partial charge on any atom is 0.163 e. The van der Waals surface area contributed by atoms with Crippen LogP contribution in [0, 0.1) is 0 Å². The second-order valence-electron chi connectivity index (χ2n) is 11.1. The highest BCUT2D eigenvalue weighted by Gasteiger charge is 2.21. The molecule has 4 aromatic rings. The van der Waals surface area contributed by atoms with Gasteiger partial charge in [-0.3, -0.25) is 9.69 Å². The third-order valence-electron chi connectivity index (χ3n) is 8.58. The number of benzene rings is 3. The molecular formula is C35H45N3O2. The molecule has 0 bridgehead atoms. The van der Waals surface area contributed by atoms with Gasteiger partial charge in [0, 0.05) is 60.0 Å². The average molecular weight is 540 g/mol. The molecule has 0 atom stereocenters. The highest BCUT2D eigenvalue weighted by molar-refractivity contribution is 6.08. The number of hydrogen-bond acceptors (Lipinski definition) is 4. The Balaban J connectivity index is 1.12. The summed E-state index contributed by atoms with van der Waals surface area (Å²) in [5, 5.41) is 2.69. The third kappa shape index (κ3) is 6.59. The van der Waals surface area contributed by atoms with E-state index in [0.717, 1.165) is 82.8 Å². The van der Waals surface area contributed by atoms with Crippen molar-refractivity contribution in [1.82, 2.24) is 14.4 Å². The number of carbonyl (C=O) groups is 1. The molecule has 0 radical (unpaired) electrons. The summed E-state index contributed by atoms with van der Waals surface area (Å²) < 4.78 is 8.77. The maximum atomic E-state index is 12.8. The zero-order valence-corrected chi connectivity index (χ0v) is 24.6. The number of nitrogens with zero attached hydrogens (tertiary/aromatic N) is 3. The molecule has 0 saturated carbocycles. The first-order chi connectivity index (χ1) is 19.6. The molecule has 0 spiro atoms. The molecule has 1 fully saturated rings. The highest BCUT2D eigenvalue weighted by Crippen LogP contribution is 2.30. The number of aromatic nitrogens is 1. The van der Waals surface area contributed by atoms with Crippen LogP contribution in [-0.4, -0.2) is 59.0 Å². The molecule has 0 amide bonds. The first kappa shape index (κ1) is 28.4. The molecule has 40 heavy (non-hydrogen) atoms. The topological polar surface area (TPSA) is 37.7 Å². The second-order valence-corrected chi connectivity index (χ2v) is 11.1. The number of aryl methyl sites for hydroxylation is 1. The summed E-state index contributed by atoms with van der Waals surface area (Å²) in [5.41, 5.74) is 4.78. The predicted octanol–water partition coefficient (Wildman–Crippen LogP) is 7.55. The van der Waals surface area contributed by atoms with Crippen molar-refractivity contribution in [3.05, 3.63) is 77.9 Å². The molecule has 3 aromatic carbocycles. The van der Waals surface area contributed by atoms with Crippen LogP contribution in [0.5, 0.6) is 5.75 Å². The van der Waals surface area contributed by atoms with Crippen molar-refractivity contribution in [2.45, 2.75) is 72.1 Å². The minimum atomic E-state index is 0.195. The lowest BCUT2D eigenvalue weighted by atomic mass is 10.0. The van der Waals surface area contributed by atoms with Gasteiger partial charge in [0.1, 0.15) is 11.9 Å². The quantitative estimate of drug-likeness (QED) is 0.130. The minimum Gasteiger partial charge on any atom is -0.490 e. The number of piperidine rings is 1. The summed E-state index contributed by atoms with van der Waals surface area (Å²) in [6.07, 6.45) is 4.81. The molecule has 1 saturated heterocycles. The number of fused-ring (bicyclic) bond motifs is 3. The first-order valence-corrected chi connectivity index (χ1v) is 15.3. The molecule has 2 heterocycles. The minimum absolute atomic E-state index is 0.195. The Hall–Kier alpha value is -3.15. The van der Waals surface area contributed by atoms with Crippen LogP contribution < -0.4 is 4.74 Å². The van der Waals surface area contributed by atoms with E-state index in [1.807, 2.05) is 24.3 Å². The third-order valence-corrected chi connectivity index (χ3v) is 8.58. The van der Waals surface area contributed by atoms with Crippen LogP contribution in [0.3, 0.4) is 0 Å². The summed E-state index contributed by atoms with van der Waals surface area (Å²) in [5.74, 6) is 1.05. The number of likely N-dealkylation sites (tertiary alicyclic amines) is 1. The number of para-hydroxylation sites is 1. The summed E-state index contributed by atoms with van der Waals surface area (Å²) in [7, 11) is 0. The number of hydrogen-bond donors (Lipinski definition) is 0. The monoisotopic (exact) mass is 539 g/mol. The molecule has 5 rings (SSSR count). The zero-order valence-electron chi connectivity index (χ0n) is 24.6. The van der Waals surface area contributed by atoms with Gasteiger partial charge in [0.25, 0.3) is 0 Å². The molecule has 5 heteroatoms. The van der Waals surface area contributed by atoms with Crippen LogP contribution >= 0.6 is 0 Å². The van der Waals surface area contributed by atoms with Gasteiger partial charge in [0.2, 0.25) is 0 Å². The summed E-state index contributed by atoms with van der Waals surface area (Å²) in [4.78, 5) is 17.7. The normalized spacial score (nSPS) is 14.9. The van der Waals surface area contributed by atoms with E-state index >= 15 is 0 Å². The molecular weight excluding hydrogens is 494 g/mol. The molecule has 5 nitrogen and oxygen atoms in total. The fourth-order valence-electron chi connectivity index (χ4n) is 6.22. The van der Waals surface area contributed by atoms with E-state index in [-0.39, 0.29) is 11.9 Å². The molecule has 0 aliphatic carbocycles. The van der Waals surface area contributed by atoms with Gasteiger partial charge >= 0.3 is 0 Å². The molecule has 0 unspecified atom stereocenters. The van der Waals surface area contributed by atoms with Crippen molar-refractivity contribution in [2.24, 2.45) is 0 Å². The van der Waals surface area contributed by atoms with Crippen molar-refractivity contribution in [3.63, 3.8) is 0 Å². The zero-order chi connectivity index (χ0) is 27.9. The Labute approximate surface area is 239 Å². The number of rotatable bonds is 13. The Kier molecular flexibility index (Phi) is 9.56. The van der Waals surface area contributed by atoms with Gasteiger partial charge in [0.15, 0.2) is 5.78 Å².